The lowest BCUT2D eigenvalue weighted by atomic mass is 10.1. The van der Waals surface area contributed by atoms with Gasteiger partial charge in [-0.05, 0) is 19.8 Å². The molecule has 1 rings (SSSR count). The zero-order valence-corrected chi connectivity index (χ0v) is 10.0. The van der Waals surface area contributed by atoms with Gasteiger partial charge in [0.2, 0.25) is 0 Å². The molecule has 0 spiro atoms. The first kappa shape index (κ1) is 12.4. The fourth-order valence-electron chi connectivity index (χ4n) is 1.30. The molecule has 0 aromatic carbocycles. The average Bonchev–Trinajstić information content (AvgIpc) is 2.61. The first-order chi connectivity index (χ1) is 7.47. The Balaban J connectivity index is 3.19. The Morgan fingerprint density at radius 2 is 2.19 bits per heavy atom. The summed E-state index contributed by atoms with van der Waals surface area (Å²) in [6.07, 6.45) is 1.63. The quantitative estimate of drug-likeness (QED) is 0.797. The molecular formula is C11H17N3O2. The third-order valence-corrected chi connectivity index (χ3v) is 2.55. The van der Waals surface area contributed by atoms with Crippen LogP contribution >= 0.6 is 0 Å². The number of aromatic nitrogens is 2. The van der Waals surface area contributed by atoms with Crippen LogP contribution in [-0.4, -0.2) is 27.1 Å². The average molecular weight is 223 g/mol. The lowest BCUT2D eigenvalue weighted by Crippen LogP contribution is -2.13. The van der Waals surface area contributed by atoms with Crippen molar-refractivity contribution in [2.24, 2.45) is 10.9 Å². The first-order valence-corrected chi connectivity index (χ1v) is 5.29. The minimum Gasteiger partial charge on any atom is -0.476 e. The number of carboxylic acids is 1. The van der Waals surface area contributed by atoms with E-state index in [1.165, 1.54) is 6.07 Å². The van der Waals surface area contributed by atoms with Crippen LogP contribution in [0.3, 0.4) is 0 Å². The molecule has 0 bridgehead atoms. The van der Waals surface area contributed by atoms with Crippen molar-refractivity contribution in [1.29, 1.82) is 0 Å². The predicted octanol–water partition coefficient (Wildman–Crippen LogP) is 2.52. The van der Waals surface area contributed by atoms with Gasteiger partial charge in [0, 0.05) is 12.3 Å². The van der Waals surface area contributed by atoms with Crippen LogP contribution in [0.2, 0.25) is 0 Å². The van der Waals surface area contributed by atoms with Crippen LogP contribution in [0.15, 0.2) is 11.1 Å². The summed E-state index contributed by atoms with van der Waals surface area (Å²) in [7, 11) is 0. The number of aliphatic imine (C=N–C) groups is 1. The Bertz CT molecular complexity index is 407. The monoisotopic (exact) mass is 223 g/mol. The molecule has 16 heavy (non-hydrogen) atoms. The molecule has 0 aliphatic heterocycles. The molecule has 0 radical (unpaired) electrons. The van der Waals surface area contributed by atoms with E-state index >= 15 is 0 Å². The lowest BCUT2D eigenvalue weighted by Gasteiger charge is -2.17. The molecule has 5 heteroatoms. The Labute approximate surface area is 94.8 Å². The van der Waals surface area contributed by atoms with Gasteiger partial charge >= 0.3 is 5.97 Å². The summed E-state index contributed by atoms with van der Waals surface area (Å²) in [5, 5.41) is 12.9. The molecule has 1 aromatic heterocycles. The Morgan fingerprint density at radius 1 is 1.56 bits per heavy atom. The molecule has 1 unspecified atom stereocenters. The zero-order chi connectivity index (χ0) is 12.3. The van der Waals surface area contributed by atoms with Gasteiger partial charge in [-0.25, -0.2) is 14.5 Å². The molecule has 0 fully saturated rings. The SMILES string of the molecule is CC=Nc1cc(C(=O)O)nn1C(C)C(C)C. The summed E-state index contributed by atoms with van der Waals surface area (Å²) in [6, 6.07) is 1.60. The van der Waals surface area contributed by atoms with Crippen LogP contribution in [0.1, 0.15) is 44.2 Å². The van der Waals surface area contributed by atoms with E-state index in [-0.39, 0.29) is 11.7 Å². The normalized spacial score (nSPS) is 13.6. The van der Waals surface area contributed by atoms with Crippen molar-refractivity contribution in [2.45, 2.75) is 33.7 Å². The van der Waals surface area contributed by atoms with Gasteiger partial charge in [-0.1, -0.05) is 13.8 Å². The summed E-state index contributed by atoms with van der Waals surface area (Å²) in [6.45, 7) is 7.91. The fourth-order valence-corrected chi connectivity index (χ4v) is 1.30. The van der Waals surface area contributed by atoms with E-state index in [9.17, 15) is 4.79 Å². The number of carbonyl (C=O) groups is 1. The van der Waals surface area contributed by atoms with Crippen molar-refractivity contribution < 1.29 is 9.90 Å². The summed E-state index contributed by atoms with van der Waals surface area (Å²) >= 11 is 0. The first-order valence-electron chi connectivity index (χ1n) is 5.29. The van der Waals surface area contributed by atoms with Gasteiger partial charge in [-0.2, -0.15) is 5.10 Å². The van der Waals surface area contributed by atoms with E-state index in [0.717, 1.165) is 0 Å². The third kappa shape index (κ3) is 2.48. The zero-order valence-electron chi connectivity index (χ0n) is 10.0. The maximum Gasteiger partial charge on any atom is 0.356 e. The van der Waals surface area contributed by atoms with E-state index in [2.05, 4.69) is 23.9 Å². The van der Waals surface area contributed by atoms with Gasteiger partial charge in [0.15, 0.2) is 11.5 Å². The fraction of sp³-hybridized carbons (Fsp3) is 0.545. The molecular weight excluding hydrogens is 206 g/mol. The van der Waals surface area contributed by atoms with Crippen molar-refractivity contribution >= 4 is 18.0 Å². The molecule has 1 atom stereocenters. The van der Waals surface area contributed by atoms with Crippen LogP contribution in [0, 0.1) is 5.92 Å². The van der Waals surface area contributed by atoms with Crippen LogP contribution in [0.25, 0.3) is 0 Å². The minimum atomic E-state index is -1.03. The van der Waals surface area contributed by atoms with Crippen molar-refractivity contribution in [1.82, 2.24) is 9.78 Å². The highest BCUT2D eigenvalue weighted by molar-refractivity contribution is 5.86. The molecule has 1 heterocycles. The van der Waals surface area contributed by atoms with Gasteiger partial charge in [-0.15, -0.1) is 0 Å². The van der Waals surface area contributed by atoms with E-state index in [0.29, 0.717) is 11.7 Å². The molecule has 0 saturated carbocycles. The second-order valence-electron chi connectivity index (χ2n) is 4.01. The molecule has 88 valence electrons. The van der Waals surface area contributed by atoms with Crippen molar-refractivity contribution in [3.05, 3.63) is 11.8 Å². The van der Waals surface area contributed by atoms with E-state index in [1.807, 2.05) is 6.92 Å². The Hall–Kier alpha value is -1.65. The maximum absolute atomic E-state index is 10.8. The van der Waals surface area contributed by atoms with E-state index in [4.69, 9.17) is 5.11 Å². The maximum atomic E-state index is 10.8. The standard InChI is InChI=1S/C11H17N3O2/c1-5-12-10-6-9(11(15)16)13-14(10)8(4)7(2)3/h5-8H,1-4H3,(H,15,16). The number of nitrogens with zero attached hydrogens (tertiary/aromatic N) is 3. The number of aromatic carboxylic acids is 1. The van der Waals surface area contributed by atoms with Gasteiger partial charge in [-0.3, -0.25) is 0 Å². The summed E-state index contributed by atoms with van der Waals surface area (Å²) < 4.78 is 1.66. The number of rotatable bonds is 4. The number of carboxylic acid groups (broad SMARTS) is 1. The van der Waals surface area contributed by atoms with Crippen LogP contribution < -0.4 is 0 Å². The summed E-state index contributed by atoms with van der Waals surface area (Å²) in [5.74, 6) is -0.0734. The van der Waals surface area contributed by atoms with E-state index in [1.54, 1.807) is 17.8 Å². The van der Waals surface area contributed by atoms with Crippen molar-refractivity contribution in [2.75, 3.05) is 0 Å². The largest absolute Gasteiger partial charge is 0.476 e. The highest BCUT2D eigenvalue weighted by Crippen LogP contribution is 2.24. The minimum absolute atomic E-state index is 0.0353. The summed E-state index contributed by atoms with van der Waals surface area (Å²) in [5.41, 5.74) is 0.0353. The molecule has 1 aromatic rings. The van der Waals surface area contributed by atoms with Gasteiger partial charge < -0.3 is 5.11 Å². The second kappa shape index (κ2) is 4.92. The Morgan fingerprint density at radius 3 is 2.62 bits per heavy atom. The second-order valence-corrected chi connectivity index (χ2v) is 4.01. The van der Waals surface area contributed by atoms with Crippen LogP contribution in [0.5, 0.6) is 0 Å². The van der Waals surface area contributed by atoms with E-state index < -0.39 is 5.97 Å². The van der Waals surface area contributed by atoms with Gasteiger partial charge in [0.1, 0.15) is 0 Å². The smallest absolute Gasteiger partial charge is 0.356 e. The molecule has 0 aliphatic carbocycles. The van der Waals surface area contributed by atoms with Gasteiger partial charge in [0.05, 0.1) is 6.04 Å². The van der Waals surface area contributed by atoms with Crippen LogP contribution in [-0.2, 0) is 0 Å². The summed E-state index contributed by atoms with van der Waals surface area (Å²) in [4.78, 5) is 15.0. The topological polar surface area (TPSA) is 67.5 Å². The molecule has 0 saturated heterocycles. The number of hydrogen-bond acceptors (Lipinski definition) is 3. The highest BCUT2D eigenvalue weighted by Gasteiger charge is 2.18. The molecule has 0 aliphatic rings. The Kier molecular flexibility index (Phi) is 3.82. The lowest BCUT2D eigenvalue weighted by molar-refractivity contribution is 0.0689. The van der Waals surface area contributed by atoms with Crippen molar-refractivity contribution in [3.8, 4) is 0 Å². The van der Waals surface area contributed by atoms with Crippen LogP contribution in [0.4, 0.5) is 5.82 Å². The van der Waals surface area contributed by atoms with Crippen molar-refractivity contribution in [3.63, 3.8) is 0 Å². The van der Waals surface area contributed by atoms with Gasteiger partial charge in [0.25, 0.3) is 0 Å². The highest BCUT2D eigenvalue weighted by atomic mass is 16.4. The third-order valence-electron chi connectivity index (χ3n) is 2.55. The molecule has 5 nitrogen and oxygen atoms in total. The molecule has 0 amide bonds. The predicted molar refractivity (Wildman–Crippen MR) is 62.6 cm³/mol. The molecule has 1 N–H and O–H groups in total. The number of hydrogen-bond donors (Lipinski definition) is 1.